The number of amides is 1. The molecule has 32 heavy (non-hydrogen) atoms. The fraction of sp³-hybridized carbons (Fsp3) is 0.250. The molecule has 1 amide bonds. The Labute approximate surface area is 187 Å². The van der Waals surface area contributed by atoms with E-state index < -0.39 is 0 Å². The highest BCUT2D eigenvalue weighted by Gasteiger charge is 2.20. The maximum Gasteiger partial charge on any atom is 0.246 e. The average molecular weight is 431 g/mol. The van der Waals surface area contributed by atoms with Crippen LogP contribution in [0.15, 0.2) is 60.8 Å². The molecule has 1 saturated heterocycles. The number of carbonyl (C=O) groups is 1. The van der Waals surface area contributed by atoms with Gasteiger partial charge in [-0.25, -0.2) is 4.98 Å². The van der Waals surface area contributed by atoms with Gasteiger partial charge in [0.25, 0.3) is 0 Å². The summed E-state index contributed by atoms with van der Waals surface area (Å²) in [6.07, 6.45) is 5.25. The first-order valence-corrected chi connectivity index (χ1v) is 10.5. The summed E-state index contributed by atoms with van der Waals surface area (Å²) in [6, 6.07) is 15.3. The Bertz CT molecular complexity index is 1060. The number of pyridine rings is 1. The van der Waals surface area contributed by atoms with E-state index in [9.17, 15) is 4.79 Å². The van der Waals surface area contributed by atoms with E-state index in [1.165, 1.54) is 0 Å². The third-order valence-electron chi connectivity index (χ3n) is 5.27. The number of hydrogen-bond acceptors (Lipinski definition) is 7. The van der Waals surface area contributed by atoms with Crippen molar-refractivity contribution in [1.29, 1.82) is 0 Å². The fourth-order valence-electron chi connectivity index (χ4n) is 3.38. The predicted molar refractivity (Wildman–Crippen MR) is 125 cm³/mol. The normalized spacial score (nSPS) is 13.9. The van der Waals surface area contributed by atoms with Gasteiger partial charge in [-0.15, -0.1) is 10.2 Å². The molecule has 1 aromatic carbocycles. The van der Waals surface area contributed by atoms with Crippen LogP contribution in [0.4, 0.5) is 17.5 Å². The number of aryl methyl sites for hydroxylation is 1. The van der Waals surface area contributed by atoms with E-state index in [1.54, 1.807) is 19.4 Å². The van der Waals surface area contributed by atoms with Crippen LogP contribution in [0.2, 0.25) is 0 Å². The zero-order chi connectivity index (χ0) is 22.3. The fourth-order valence-corrected chi connectivity index (χ4v) is 3.38. The molecular weight excluding hydrogens is 404 g/mol. The minimum Gasteiger partial charge on any atom is -0.497 e. The molecule has 4 rings (SSSR count). The van der Waals surface area contributed by atoms with Crippen molar-refractivity contribution in [1.82, 2.24) is 20.1 Å². The molecule has 0 aliphatic carbocycles. The smallest absolute Gasteiger partial charge is 0.246 e. The minimum atomic E-state index is 0.0108. The van der Waals surface area contributed by atoms with Crippen LogP contribution >= 0.6 is 0 Å². The number of hydrogen-bond donors (Lipinski definition) is 1. The summed E-state index contributed by atoms with van der Waals surface area (Å²) < 4.78 is 5.15. The van der Waals surface area contributed by atoms with Crippen LogP contribution in [0.5, 0.6) is 5.75 Å². The molecule has 3 heterocycles. The van der Waals surface area contributed by atoms with Crippen molar-refractivity contribution < 1.29 is 9.53 Å². The molecule has 0 radical (unpaired) electrons. The monoisotopic (exact) mass is 430 g/mol. The van der Waals surface area contributed by atoms with E-state index in [1.807, 2.05) is 66.4 Å². The lowest BCUT2D eigenvalue weighted by Crippen LogP contribution is -2.48. The summed E-state index contributed by atoms with van der Waals surface area (Å²) in [4.78, 5) is 20.8. The van der Waals surface area contributed by atoms with Gasteiger partial charge in [-0.05, 0) is 54.5 Å². The maximum atomic E-state index is 12.5. The van der Waals surface area contributed by atoms with E-state index in [0.29, 0.717) is 32.0 Å². The van der Waals surface area contributed by atoms with Crippen molar-refractivity contribution in [3.63, 3.8) is 0 Å². The Balaban J connectivity index is 1.28. The van der Waals surface area contributed by atoms with Crippen molar-refractivity contribution in [2.45, 2.75) is 6.92 Å². The van der Waals surface area contributed by atoms with Gasteiger partial charge in [0.05, 0.1) is 7.11 Å². The second-order valence-electron chi connectivity index (χ2n) is 7.54. The number of methoxy groups -OCH3 is 1. The van der Waals surface area contributed by atoms with Gasteiger partial charge in [0.2, 0.25) is 5.91 Å². The molecule has 1 aliphatic heterocycles. The summed E-state index contributed by atoms with van der Waals surface area (Å²) in [5, 5.41) is 11.7. The van der Waals surface area contributed by atoms with Gasteiger partial charge in [0.15, 0.2) is 11.6 Å². The van der Waals surface area contributed by atoms with Gasteiger partial charge in [-0.2, -0.15) is 0 Å². The molecule has 0 spiro atoms. The van der Waals surface area contributed by atoms with Gasteiger partial charge < -0.3 is 19.9 Å². The Morgan fingerprint density at radius 3 is 2.34 bits per heavy atom. The van der Waals surface area contributed by atoms with E-state index in [0.717, 1.165) is 28.5 Å². The summed E-state index contributed by atoms with van der Waals surface area (Å²) in [6.45, 7) is 4.70. The second kappa shape index (κ2) is 9.91. The number of ether oxygens (including phenoxy) is 1. The molecule has 0 bridgehead atoms. The Kier molecular flexibility index (Phi) is 6.60. The number of aromatic nitrogens is 3. The first-order chi connectivity index (χ1) is 15.6. The van der Waals surface area contributed by atoms with Gasteiger partial charge in [0.1, 0.15) is 11.6 Å². The molecule has 8 nitrogen and oxygen atoms in total. The van der Waals surface area contributed by atoms with Crippen molar-refractivity contribution >= 4 is 29.4 Å². The molecule has 8 heteroatoms. The summed E-state index contributed by atoms with van der Waals surface area (Å²) in [5.41, 5.74) is 2.06. The highest BCUT2D eigenvalue weighted by atomic mass is 16.5. The highest BCUT2D eigenvalue weighted by Crippen LogP contribution is 2.17. The molecule has 0 saturated carbocycles. The lowest BCUT2D eigenvalue weighted by molar-refractivity contribution is -0.126. The molecule has 164 valence electrons. The third kappa shape index (κ3) is 5.40. The molecule has 1 N–H and O–H groups in total. The van der Waals surface area contributed by atoms with Crippen LogP contribution in [0.3, 0.4) is 0 Å². The largest absolute Gasteiger partial charge is 0.497 e. The lowest BCUT2D eigenvalue weighted by atomic mass is 10.2. The van der Waals surface area contributed by atoms with Crippen LogP contribution in [0.25, 0.3) is 6.08 Å². The number of nitrogens with one attached hydrogen (secondary N) is 1. The second-order valence-corrected chi connectivity index (χ2v) is 7.54. The number of nitrogens with zero attached hydrogens (tertiary/aromatic N) is 5. The Hall–Kier alpha value is -3.94. The van der Waals surface area contributed by atoms with Gasteiger partial charge in [-0.1, -0.05) is 18.2 Å². The summed E-state index contributed by atoms with van der Waals surface area (Å²) >= 11 is 0. The zero-order valence-corrected chi connectivity index (χ0v) is 18.2. The van der Waals surface area contributed by atoms with Crippen LogP contribution in [0.1, 0.15) is 11.1 Å². The van der Waals surface area contributed by atoms with Crippen LogP contribution < -0.4 is 15.0 Å². The standard InChI is InChI=1S/C24H26N6O2/c1-18-3-9-21(25-17-18)26-22-10-11-23(28-27-22)29-13-15-30(16-14-29)24(31)12-6-19-4-7-20(32-2)8-5-19/h3-12,17H,13-16H2,1-2H3,(H,25,26,27)/b12-6+. The topological polar surface area (TPSA) is 83.5 Å². The zero-order valence-electron chi connectivity index (χ0n) is 18.2. The molecule has 0 unspecified atom stereocenters. The third-order valence-corrected chi connectivity index (χ3v) is 5.27. The summed E-state index contributed by atoms with van der Waals surface area (Å²) in [7, 11) is 1.63. The average Bonchev–Trinajstić information content (AvgIpc) is 2.85. The first kappa shape index (κ1) is 21.3. The lowest BCUT2D eigenvalue weighted by Gasteiger charge is -2.34. The van der Waals surface area contributed by atoms with Crippen molar-refractivity contribution in [2.24, 2.45) is 0 Å². The van der Waals surface area contributed by atoms with Gasteiger partial charge in [0, 0.05) is 38.5 Å². The molecular formula is C24H26N6O2. The minimum absolute atomic E-state index is 0.0108. The number of carbonyl (C=O) groups excluding carboxylic acids is 1. The van der Waals surface area contributed by atoms with Crippen molar-refractivity contribution in [3.05, 3.63) is 71.9 Å². The predicted octanol–water partition coefficient (Wildman–Crippen LogP) is 3.29. The number of anilines is 3. The molecule has 0 atom stereocenters. The van der Waals surface area contributed by atoms with Gasteiger partial charge >= 0.3 is 0 Å². The number of benzene rings is 1. The summed E-state index contributed by atoms with van der Waals surface area (Å²) in [5.74, 6) is 2.98. The SMILES string of the molecule is COc1ccc(/C=C/C(=O)N2CCN(c3ccc(Nc4ccc(C)cn4)nn3)CC2)cc1. The highest BCUT2D eigenvalue weighted by molar-refractivity contribution is 5.92. The number of rotatable bonds is 6. The Morgan fingerprint density at radius 2 is 1.72 bits per heavy atom. The van der Waals surface area contributed by atoms with Crippen molar-refractivity contribution in [2.75, 3.05) is 43.5 Å². The quantitative estimate of drug-likeness (QED) is 0.601. The molecule has 1 fully saturated rings. The van der Waals surface area contributed by atoms with E-state index in [4.69, 9.17) is 4.74 Å². The van der Waals surface area contributed by atoms with Crippen LogP contribution in [0, 0.1) is 6.92 Å². The van der Waals surface area contributed by atoms with E-state index >= 15 is 0 Å². The maximum absolute atomic E-state index is 12.5. The number of piperazine rings is 1. The van der Waals surface area contributed by atoms with E-state index in [2.05, 4.69) is 25.4 Å². The van der Waals surface area contributed by atoms with E-state index in [-0.39, 0.29) is 5.91 Å². The Morgan fingerprint density at radius 1 is 0.969 bits per heavy atom. The molecule has 2 aromatic heterocycles. The molecule has 1 aliphatic rings. The van der Waals surface area contributed by atoms with Crippen LogP contribution in [-0.2, 0) is 4.79 Å². The van der Waals surface area contributed by atoms with Crippen molar-refractivity contribution in [3.8, 4) is 5.75 Å². The van der Waals surface area contributed by atoms with Crippen LogP contribution in [-0.4, -0.2) is 59.3 Å². The first-order valence-electron chi connectivity index (χ1n) is 10.5. The molecule has 3 aromatic rings. The van der Waals surface area contributed by atoms with Gasteiger partial charge in [-0.3, -0.25) is 4.79 Å².